The van der Waals surface area contributed by atoms with Gasteiger partial charge in [0.1, 0.15) is 0 Å². The highest BCUT2D eigenvalue weighted by Crippen LogP contribution is 2.31. The number of rotatable bonds is 7. The largest absolute Gasteiger partial charge is 0.481 e. The van der Waals surface area contributed by atoms with Crippen LogP contribution in [0, 0.1) is 11.8 Å². The van der Waals surface area contributed by atoms with Crippen molar-refractivity contribution in [1.82, 2.24) is 30.9 Å². The second-order valence-corrected chi connectivity index (χ2v) is 6.59. The Bertz CT molecular complexity index is 739. The molecule has 2 unspecified atom stereocenters. The molecule has 0 fully saturated rings. The first-order chi connectivity index (χ1) is 12.1. The molecular formula is C17H22N6O2. The molecule has 0 spiro atoms. The lowest BCUT2D eigenvalue weighted by molar-refractivity contribution is -0.144. The van der Waals surface area contributed by atoms with E-state index in [1.807, 2.05) is 32.2 Å². The van der Waals surface area contributed by atoms with Gasteiger partial charge in [0.05, 0.1) is 5.92 Å². The summed E-state index contributed by atoms with van der Waals surface area (Å²) in [6, 6.07) is 3.97. The first-order valence-corrected chi connectivity index (χ1v) is 8.37. The van der Waals surface area contributed by atoms with Gasteiger partial charge in [-0.3, -0.25) is 9.78 Å². The number of aromatic amines is 1. The average Bonchev–Trinajstić information content (AvgIpc) is 3.28. The van der Waals surface area contributed by atoms with E-state index in [4.69, 9.17) is 0 Å². The Morgan fingerprint density at radius 3 is 2.72 bits per heavy atom. The number of carboxylic acid groups (broad SMARTS) is 1. The number of tetrazole rings is 1. The van der Waals surface area contributed by atoms with Crippen LogP contribution in [0.2, 0.25) is 0 Å². The second-order valence-electron chi connectivity index (χ2n) is 6.59. The maximum absolute atomic E-state index is 11.8. The summed E-state index contributed by atoms with van der Waals surface area (Å²) in [4.78, 5) is 16.3. The van der Waals surface area contributed by atoms with Gasteiger partial charge >= 0.3 is 5.97 Å². The van der Waals surface area contributed by atoms with E-state index in [2.05, 4.69) is 37.0 Å². The first-order valence-electron chi connectivity index (χ1n) is 8.37. The van der Waals surface area contributed by atoms with Crippen molar-refractivity contribution in [1.29, 1.82) is 0 Å². The van der Waals surface area contributed by atoms with Gasteiger partial charge in [-0.05, 0) is 23.1 Å². The Morgan fingerprint density at radius 2 is 2.20 bits per heavy atom. The lowest BCUT2D eigenvalue weighted by atomic mass is 9.80. The van der Waals surface area contributed by atoms with E-state index >= 15 is 0 Å². The molecule has 3 rings (SSSR count). The van der Waals surface area contributed by atoms with Crippen LogP contribution < -0.4 is 5.32 Å². The fraction of sp³-hybridized carbons (Fsp3) is 0.471. The highest BCUT2D eigenvalue weighted by molar-refractivity contribution is 5.71. The van der Waals surface area contributed by atoms with E-state index in [-0.39, 0.29) is 11.8 Å². The van der Waals surface area contributed by atoms with Gasteiger partial charge in [0, 0.05) is 37.3 Å². The summed E-state index contributed by atoms with van der Waals surface area (Å²) >= 11 is 0. The number of carbonyl (C=O) groups is 1. The molecule has 8 heteroatoms. The van der Waals surface area contributed by atoms with Crippen molar-refractivity contribution >= 4 is 11.5 Å². The monoisotopic (exact) mass is 342 g/mol. The molecule has 0 aromatic carbocycles. The van der Waals surface area contributed by atoms with Crippen LogP contribution in [-0.4, -0.2) is 49.8 Å². The quantitative estimate of drug-likeness (QED) is 0.693. The number of nitrogens with one attached hydrogen (secondary N) is 2. The number of H-pyrrole nitrogens is 1. The van der Waals surface area contributed by atoms with E-state index in [0.29, 0.717) is 12.2 Å². The van der Waals surface area contributed by atoms with E-state index in [0.717, 1.165) is 24.3 Å². The third kappa shape index (κ3) is 3.90. The number of aliphatic carboxylic acids is 1. The third-order valence-electron chi connectivity index (χ3n) is 4.56. The number of aromatic nitrogens is 5. The van der Waals surface area contributed by atoms with Crippen LogP contribution in [0.5, 0.6) is 0 Å². The summed E-state index contributed by atoms with van der Waals surface area (Å²) in [7, 11) is 0. The maximum atomic E-state index is 11.8. The zero-order valence-corrected chi connectivity index (χ0v) is 14.3. The van der Waals surface area contributed by atoms with Crippen molar-refractivity contribution in [3.63, 3.8) is 0 Å². The van der Waals surface area contributed by atoms with Gasteiger partial charge in [-0.25, -0.2) is 0 Å². The van der Waals surface area contributed by atoms with Gasteiger partial charge in [0.2, 0.25) is 0 Å². The van der Waals surface area contributed by atoms with Gasteiger partial charge < -0.3 is 10.4 Å². The Morgan fingerprint density at radius 1 is 1.36 bits per heavy atom. The fourth-order valence-corrected chi connectivity index (χ4v) is 3.28. The van der Waals surface area contributed by atoms with E-state index in [9.17, 15) is 9.90 Å². The molecule has 0 saturated heterocycles. The molecule has 3 heterocycles. The number of hydrogen-bond donors (Lipinski definition) is 3. The molecule has 0 radical (unpaired) electrons. The summed E-state index contributed by atoms with van der Waals surface area (Å²) in [6.07, 6.45) is 4.44. The van der Waals surface area contributed by atoms with Crippen molar-refractivity contribution in [2.75, 3.05) is 13.1 Å². The number of pyridine rings is 1. The summed E-state index contributed by atoms with van der Waals surface area (Å²) in [6.45, 7) is 5.51. The number of carboxylic acids is 1. The first kappa shape index (κ1) is 17.2. The standard InChI is InChI=1S/C17H22N6O2/c1-10(2)15(17(24)25)14(16-20-22-23-21-16)7-13-4-3-11(9-19-13)12-5-6-18-8-12/h3-5,9-10,14-15,18H,6-8H2,1-2H3,(H,24,25)(H,20,21,22,23). The summed E-state index contributed by atoms with van der Waals surface area (Å²) in [5, 5.41) is 27.0. The van der Waals surface area contributed by atoms with Crippen molar-refractivity contribution in [3.8, 4) is 0 Å². The van der Waals surface area contributed by atoms with Crippen LogP contribution >= 0.6 is 0 Å². The van der Waals surface area contributed by atoms with Crippen LogP contribution in [-0.2, 0) is 11.2 Å². The molecule has 2 aromatic rings. The lowest BCUT2D eigenvalue weighted by Crippen LogP contribution is -2.29. The molecule has 1 aliphatic heterocycles. The summed E-state index contributed by atoms with van der Waals surface area (Å²) in [5.74, 6) is -1.50. The summed E-state index contributed by atoms with van der Waals surface area (Å²) in [5.41, 5.74) is 3.14. The molecule has 2 aromatic heterocycles. The number of hydrogen-bond acceptors (Lipinski definition) is 6. The fourth-order valence-electron chi connectivity index (χ4n) is 3.28. The highest BCUT2D eigenvalue weighted by atomic mass is 16.4. The van der Waals surface area contributed by atoms with Crippen molar-refractivity contribution in [2.45, 2.75) is 26.2 Å². The summed E-state index contributed by atoms with van der Waals surface area (Å²) < 4.78 is 0. The minimum absolute atomic E-state index is 0.0602. The lowest BCUT2D eigenvalue weighted by Gasteiger charge is -2.24. The maximum Gasteiger partial charge on any atom is 0.307 e. The smallest absolute Gasteiger partial charge is 0.307 e. The minimum atomic E-state index is -0.858. The molecule has 0 aliphatic carbocycles. The molecular weight excluding hydrogens is 320 g/mol. The van der Waals surface area contributed by atoms with Gasteiger partial charge in [-0.1, -0.05) is 31.2 Å². The van der Waals surface area contributed by atoms with Crippen LogP contribution in [0.15, 0.2) is 24.4 Å². The molecule has 2 atom stereocenters. The SMILES string of the molecule is CC(C)C(C(=O)O)C(Cc1ccc(C2=CCNC2)cn1)c1nn[nH]n1. The second kappa shape index (κ2) is 7.52. The van der Waals surface area contributed by atoms with E-state index < -0.39 is 11.9 Å². The zero-order valence-electron chi connectivity index (χ0n) is 14.3. The van der Waals surface area contributed by atoms with Crippen LogP contribution in [0.3, 0.4) is 0 Å². The van der Waals surface area contributed by atoms with Gasteiger partial charge in [-0.15, -0.1) is 10.2 Å². The van der Waals surface area contributed by atoms with Crippen LogP contribution in [0.4, 0.5) is 0 Å². The molecule has 1 aliphatic rings. The Hall–Kier alpha value is -2.61. The zero-order chi connectivity index (χ0) is 17.8. The Kier molecular flexibility index (Phi) is 5.18. The Labute approximate surface area is 145 Å². The van der Waals surface area contributed by atoms with E-state index in [1.54, 1.807) is 0 Å². The topological polar surface area (TPSA) is 117 Å². The van der Waals surface area contributed by atoms with Gasteiger partial charge in [0.15, 0.2) is 5.82 Å². The molecule has 0 bridgehead atoms. The molecule has 132 valence electrons. The molecule has 3 N–H and O–H groups in total. The minimum Gasteiger partial charge on any atom is -0.481 e. The van der Waals surface area contributed by atoms with Crippen molar-refractivity contribution in [2.24, 2.45) is 11.8 Å². The predicted octanol–water partition coefficient (Wildman–Crippen LogP) is 1.26. The average molecular weight is 342 g/mol. The Balaban J connectivity index is 1.83. The molecule has 0 saturated carbocycles. The predicted molar refractivity (Wildman–Crippen MR) is 91.7 cm³/mol. The molecule has 25 heavy (non-hydrogen) atoms. The van der Waals surface area contributed by atoms with E-state index in [1.165, 1.54) is 5.57 Å². The van der Waals surface area contributed by atoms with Crippen LogP contribution in [0.1, 0.15) is 36.8 Å². The van der Waals surface area contributed by atoms with Crippen molar-refractivity contribution in [3.05, 3.63) is 41.5 Å². The van der Waals surface area contributed by atoms with Crippen LogP contribution in [0.25, 0.3) is 5.57 Å². The van der Waals surface area contributed by atoms with Gasteiger partial charge in [-0.2, -0.15) is 5.21 Å². The van der Waals surface area contributed by atoms with Crippen molar-refractivity contribution < 1.29 is 9.90 Å². The molecule has 8 nitrogen and oxygen atoms in total. The normalized spacial score (nSPS) is 16.7. The van der Waals surface area contributed by atoms with Gasteiger partial charge in [0.25, 0.3) is 0 Å². The number of nitrogens with zero attached hydrogens (tertiary/aromatic N) is 4. The third-order valence-corrected chi connectivity index (χ3v) is 4.56. The highest BCUT2D eigenvalue weighted by Gasteiger charge is 2.35. The molecule has 0 amide bonds.